The number of carbonyl (C=O) groups excluding carboxylic acids is 1. The van der Waals surface area contributed by atoms with Crippen molar-refractivity contribution in [2.24, 2.45) is 0 Å². The molecule has 0 heterocycles. The van der Waals surface area contributed by atoms with Crippen LogP contribution in [-0.2, 0) is 0 Å². The number of carboxylic acid groups (broad SMARTS) is 1. The van der Waals surface area contributed by atoms with Crippen LogP contribution in [0.25, 0.3) is 0 Å². The number of carboxylic acids is 1. The molecule has 3 aromatic carbocycles. The number of benzene rings is 3. The molecule has 0 aliphatic rings. The van der Waals surface area contributed by atoms with E-state index in [0.717, 1.165) is 5.69 Å². The Balaban J connectivity index is 1.66. The van der Waals surface area contributed by atoms with Gasteiger partial charge >= 0.3 is 5.97 Å². The molecule has 7 heteroatoms. The molecular formula is C23H19Cl2NO4. The lowest BCUT2D eigenvalue weighted by atomic mass is 10.1. The summed E-state index contributed by atoms with van der Waals surface area (Å²) in [7, 11) is 0. The van der Waals surface area contributed by atoms with E-state index in [1.165, 1.54) is 12.1 Å². The third-order valence-corrected chi connectivity index (χ3v) is 4.87. The number of amides is 1. The Morgan fingerprint density at radius 3 is 1.90 bits per heavy atom. The van der Waals surface area contributed by atoms with Gasteiger partial charge in [-0.1, -0.05) is 23.2 Å². The molecule has 0 aromatic heterocycles. The van der Waals surface area contributed by atoms with Gasteiger partial charge in [0.1, 0.15) is 5.75 Å². The van der Waals surface area contributed by atoms with Gasteiger partial charge < -0.3 is 14.7 Å². The van der Waals surface area contributed by atoms with Crippen LogP contribution in [0.3, 0.4) is 0 Å². The molecule has 154 valence electrons. The highest BCUT2D eigenvalue weighted by Crippen LogP contribution is 2.22. The summed E-state index contributed by atoms with van der Waals surface area (Å²) in [4.78, 5) is 25.6. The summed E-state index contributed by atoms with van der Waals surface area (Å²) in [6.45, 7) is 0.792. The van der Waals surface area contributed by atoms with Crippen molar-refractivity contribution in [3.8, 4) is 5.75 Å². The van der Waals surface area contributed by atoms with Gasteiger partial charge in [-0.25, -0.2) is 4.79 Å². The van der Waals surface area contributed by atoms with E-state index < -0.39 is 5.97 Å². The number of hydrogen-bond donors (Lipinski definition) is 1. The first-order chi connectivity index (χ1) is 14.4. The van der Waals surface area contributed by atoms with Crippen molar-refractivity contribution in [1.82, 2.24) is 0 Å². The van der Waals surface area contributed by atoms with Crippen LogP contribution in [0.4, 0.5) is 5.69 Å². The molecule has 0 radical (unpaired) electrons. The van der Waals surface area contributed by atoms with Crippen LogP contribution < -0.4 is 9.64 Å². The summed E-state index contributed by atoms with van der Waals surface area (Å²) in [6, 6.07) is 20.0. The topological polar surface area (TPSA) is 66.8 Å². The third kappa shape index (κ3) is 5.75. The molecule has 30 heavy (non-hydrogen) atoms. The average Bonchev–Trinajstić information content (AvgIpc) is 2.75. The van der Waals surface area contributed by atoms with Gasteiger partial charge in [-0.05, 0) is 79.2 Å². The number of ether oxygens (including phenoxy) is 1. The first kappa shape index (κ1) is 21.7. The van der Waals surface area contributed by atoms with Crippen molar-refractivity contribution in [2.75, 3.05) is 18.1 Å². The highest BCUT2D eigenvalue weighted by molar-refractivity contribution is 6.31. The second-order valence-electron chi connectivity index (χ2n) is 6.47. The fourth-order valence-corrected chi connectivity index (χ4v) is 3.08. The zero-order valence-electron chi connectivity index (χ0n) is 15.9. The minimum atomic E-state index is -0.985. The lowest BCUT2D eigenvalue weighted by Crippen LogP contribution is -2.32. The molecule has 0 spiro atoms. The first-order valence-corrected chi connectivity index (χ1v) is 9.99. The average molecular weight is 444 g/mol. The SMILES string of the molecule is O=C(O)c1ccc(OCCCN(C(=O)c2ccc(Cl)cc2)c2ccc(Cl)cc2)cc1. The summed E-state index contributed by atoms with van der Waals surface area (Å²) in [5.41, 5.74) is 1.45. The van der Waals surface area contributed by atoms with Crippen LogP contribution >= 0.6 is 23.2 Å². The van der Waals surface area contributed by atoms with Crippen molar-refractivity contribution < 1.29 is 19.4 Å². The third-order valence-electron chi connectivity index (χ3n) is 4.37. The monoisotopic (exact) mass is 443 g/mol. The fraction of sp³-hybridized carbons (Fsp3) is 0.130. The van der Waals surface area contributed by atoms with E-state index in [0.29, 0.717) is 40.9 Å². The van der Waals surface area contributed by atoms with Gasteiger partial charge in [0.25, 0.3) is 5.91 Å². The summed E-state index contributed by atoms with van der Waals surface area (Å²) in [5, 5.41) is 10.1. The van der Waals surface area contributed by atoms with Gasteiger partial charge in [-0.3, -0.25) is 4.79 Å². The van der Waals surface area contributed by atoms with E-state index >= 15 is 0 Å². The number of carbonyl (C=O) groups is 2. The number of hydrogen-bond acceptors (Lipinski definition) is 3. The van der Waals surface area contributed by atoms with Crippen LogP contribution in [0.15, 0.2) is 72.8 Å². The van der Waals surface area contributed by atoms with Crippen molar-refractivity contribution in [3.05, 3.63) is 94.0 Å². The number of halogens is 2. The highest BCUT2D eigenvalue weighted by atomic mass is 35.5. The Morgan fingerprint density at radius 2 is 1.33 bits per heavy atom. The van der Waals surface area contributed by atoms with Crippen LogP contribution in [-0.4, -0.2) is 30.1 Å². The number of aromatic carboxylic acids is 1. The molecule has 0 saturated heterocycles. The van der Waals surface area contributed by atoms with Crippen LogP contribution in [0.5, 0.6) is 5.75 Å². The molecule has 0 bridgehead atoms. The molecule has 3 rings (SSSR count). The van der Waals surface area contributed by atoms with Gasteiger partial charge in [-0.15, -0.1) is 0 Å². The maximum Gasteiger partial charge on any atom is 0.335 e. The maximum atomic E-state index is 13.1. The Labute approximate surface area is 184 Å². The van der Waals surface area contributed by atoms with Gasteiger partial charge in [0.15, 0.2) is 0 Å². The lowest BCUT2D eigenvalue weighted by molar-refractivity contribution is 0.0696. The quantitative estimate of drug-likeness (QED) is 0.446. The Bertz CT molecular complexity index is 1000. The van der Waals surface area contributed by atoms with Crippen molar-refractivity contribution in [2.45, 2.75) is 6.42 Å². The molecular weight excluding hydrogens is 425 g/mol. The van der Waals surface area contributed by atoms with Gasteiger partial charge in [0.05, 0.1) is 12.2 Å². The standard InChI is InChI=1S/C23H19Cl2NO4/c24-18-6-2-16(3-7-18)22(27)26(20-10-8-19(25)9-11-20)14-1-15-30-21-12-4-17(5-13-21)23(28)29/h2-13H,1,14-15H2,(H,28,29). The van der Waals surface area contributed by atoms with Gasteiger partial charge in [0.2, 0.25) is 0 Å². The second-order valence-corrected chi connectivity index (χ2v) is 7.34. The normalized spacial score (nSPS) is 10.5. The molecule has 5 nitrogen and oxygen atoms in total. The molecule has 0 atom stereocenters. The minimum Gasteiger partial charge on any atom is -0.494 e. The molecule has 0 saturated carbocycles. The molecule has 0 aliphatic carbocycles. The highest BCUT2D eigenvalue weighted by Gasteiger charge is 2.17. The lowest BCUT2D eigenvalue weighted by Gasteiger charge is -2.23. The second kappa shape index (κ2) is 10.1. The molecule has 1 N–H and O–H groups in total. The number of nitrogens with zero attached hydrogens (tertiary/aromatic N) is 1. The summed E-state index contributed by atoms with van der Waals surface area (Å²) < 4.78 is 5.68. The Kier molecular flexibility index (Phi) is 7.33. The Morgan fingerprint density at radius 1 is 0.800 bits per heavy atom. The molecule has 1 amide bonds. The first-order valence-electron chi connectivity index (χ1n) is 9.23. The Hall–Kier alpha value is -3.02. The van der Waals surface area contributed by atoms with E-state index in [1.807, 2.05) is 0 Å². The zero-order valence-corrected chi connectivity index (χ0v) is 17.4. The molecule has 0 aliphatic heterocycles. The summed E-state index contributed by atoms with van der Waals surface area (Å²) >= 11 is 11.9. The van der Waals surface area contributed by atoms with Crippen LogP contribution in [0, 0.1) is 0 Å². The van der Waals surface area contributed by atoms with E-state index in [4.69, 9.17) is 33.0 Å². The fourth-order valence-electron chi connectivity index (χ4n) is 2.82. The van der Waals surface area contributed by atoms with Crippen molar-refractivity contribution in [3.63, 3.8) is 0 Å². The molecule has 0 unspecified atom stereocenters. The smallest absolute Gasteiger partial charge is 0.335 e. The predicted molar refractivity (Wildman–Crippen MR) is 118 cm³/mol. The number of rotatable bonds is 8. The van der Waals surface area contributed by atoms with E-state index in [2.05, 4.69) is 0 Å². The van der Waals surface area contributed by atoms with E-state index in [1.54, 1.807) is 65.6 Å². The van der Waals surface area contributed by atoms with Crippen LogP contribution in [0.2, 0.25) is 10.0 Å². The van der Waals surface area contributed by atoms with Crippen molar-refractivity contribution in [1.29, 1.82) is 0 Å². The largest absolute Gasteiger partial charge is 0.494 e. The summed E-state index contributed by atoms with van der Waals surface area (Å²) in [5.74, 6) is -0.567. The van der Waals surface area contributed by atoms with Crippen LogP contribution in [0.1, 0.15) is 27.1 Å². The predicted octanol–water partition coefficient (Wildman–Crippen LogP) is 5.81. The van der Waals surface area contributed by atoms with Crippen molar-refractivity contribution >= 4 is 40.8 Å². The maximum absolute atomic E-state index is 13.1. The van der Waals surface area contributed by atoms with Gasteiger partial charge in [-0.2, -0.15) is 0 Å². The summed E-state index contributed by atoms with van der Waals surface area (Å²) in [6.07, 6.45) is 0.572. The van der Waals surface area contributed by atoms with Gasteiger partial charge in [0, 0.05) is 27.8 Å². The molecule has 0 fully saturated rings. The van der Waals surface area contributed by atoms with E-state index in [9.17, 15) is 9.59 Å². The number of anilines is 1. The zero-order chi connectivity index (χ0) is 21.5. The molecule has 3 aromatic rings. The van der Waals surface area contributed by atoms with E-state index in [-0.39, 0.29) is 11.5 Å². The minimum absolute atomic E-state index is 0.153.